The van der Waals surface area contributed by atoms with Crippen molar-refractivity contribution < 1.29 is 23.9 Å². The molecule has 0 spiro atoms. The molecule has 0 fully saturated rings. The lowest BCUT2D eigenvalue weighted by atomic mass is 10.1. The van der Waals surface area contributed by atoms with Crippen LogP contribution < -0.4 is 20.7 Å². The number of carbonyl (C=O) groups is 1. The van der Waals surface area contributed by atoms with Gasteiger partial charge in [0.1, 0.15) is 5.69 Å². The summed E-state index contributed by atoms with van der Waals surface area (Å²) in [5, 5.41) is 11.2. The van der Waals surface area contributed by atoms with Gasteiger partial charge in [-0.2, -0.15) is 0 Å². The maximum Gasteiger partial charge on any atom is 0.357 e. The first kappa shape index (κ1) is 21.7. The highest BCUT2D eigenvalue weighted by Gasteiger charge is 2.19. The maximum absolute atomic E-state index is 11.7. The van der Waals surface area contributed by atoms with Crippen LogP contribution in [0.15, 0.2) is 21.7 Å². The summed E-state index contributed by atoms with van der Waals surface area (Å²) < 4.78 is 15.3. The van der Waals surface area contributed by atoms with Crippen molar-refractivity contribution in [2.24, 2.45) is 0 Å². The molecule has 12 heteroatoms. The predicted molar refractivity (Wildman–Crippen MR) is 103 cm³/mol. The Kier molecular flexibility index (Phi) is 7.15. The molecule has 0 aliphatic heterocycles. The predicted octanol–water partition coefficient (Wildman–Crippen LogP) is 1.75. The number of aromatic nitrogens is 2. The zero-order valence-corrected chi connectivity index (χ0v) is 16.1. The summed E-state index contributed by atoms with van der Waals surface area (Å²) in [6.45, 7) is 1.61. The number of nitro groups is 1. The van der Waals surface area contributed by atoms with E-state index in [9.17, 15) is 24.5 Å². The second-order valence-electron chi connectivity index (χ2n) is 5.39. The first-order chi connectivity index (χ1) is 13.8. The van der Waals surface area contributed by atoms with E-state index in [1.165, 1.54) is 31.4 Å². The number of nitrogens with one attached hydrogen (secondary N) is 2. The van der Waals surface area contributed by atoms with Crippen LogP contribution in [0.25, 0.3) is 12.2 Å². The van der Waals surface area contributed by atoms with Crippen molar-refractivity contribution in [3.8, 4) is 11.5 Å². The van der Waals surface area contributed by atoms with Gasteiger partial charge in [-0.15, -0.1) is 0 Å². The summed E-state index contributed by atoms with van der Waals surface area (Å²) in [5.41, 5.74) is -2.68. The van der Waals surface area contributed by atoms with Crippen LogP contribution in [0.1, 0.15) is 18.2 Å². The van der Waals surface area contributed by atoms with Gasteiger partial charge in [-0.1, -0.05) is 17.7 Å². The Hall–Kier alpha value is -3.60. The highest BCUT2D eigenvalue weighted by molar-refractivity contribution is 6.32. The van der Waals surface area contributed by atoms with Crippen LogP contribution >= 0.6 is 11.6 Å². The van der Waals surface area contributed by atoms with Crippen molar-refractivity contribution in [1.29, 1.82) is 0 Å². The van der Waals surface area contributed by atoms with E-state index >= 15 is 0 Å². The molecule has 2 aromatic rings. The Balaban J connectivity index is 2.44. The van der Waals surface area contributed by atoms with Gasteiger partial charge in [-0.3, -0.25) is 19.9 Å². The molecule has 0 atom stereocenters. The zero-order chi connectivity index (χ0) is 21.6. The molecule has 0 amide bonds. The molecule has 0 bridgehead atoms. The Morgan fingerprint density at radius 2 is 1.97 bits per heavy atom. The fourth-order valence-corrected chi connectivity index (χ4v) is 2.53. The van der Waals surface area contributed by atoms with E-state index in [0.29, 0.717) is 5.56 Å². The number of nitrogens with zero attached hydrogens (tertiary/aromatic N) is 1. The number of methoxy groups -OCH3 is 1. The first-order valence-electron chi connectivity index (χ1n) is 8.11. The maximum atomic E-state index is 11.7. The average molecular weight is 426 g/mol. The summed E-state index contributed by atoms with van der Waals surface area (Å²) in [4.78, 5) is 48.5. The van der Waals surface area contributed by atoms with E-state index in [1.807, 2.05) is 0 Å². The number of hydrogen-bond donors (Lipinski definition) is 2. The topological polar surface area (TPSA) is 154 Å². The summed E-state index contributed by atoms with van der Waals surface area (Å²) in [5.74, 6) is -0.276. The van der Waals surface area contributed by atoms with Crippen LogP contribution in [0, 0.1) is 10.1 Å². The SMILES string of the molecule is CCOc1cc(C=Cc2[nH]c(=O)[nH]c(=O)c2[N+](=O)[O-])cc(Cl)c1OCC(=O)OC. The van der Waals surface area contributed by atoms with E-state index in [1.54, 1.807) is 11.9 Å². The Morgan fingerprint density at radius 3 is 2.59 bits per heavy atom. The molecule has 1 aromatic carbocycles. The van der Waals surface area contributed by atoms with Gasteiger partial charge >= 0.3 is 22.9 Å². The van der Waals surface area contributed by atoms with Gasteiger partial charge in [-0.05, 0) is 30.7 Å². The van der Waals surface area contributed by atoms with E-state index in [-0.39, 0.29) is 35.4 Å². The van der Waals surface area contributed by atoms with Crippen molar-refractivity contribution in [3.63, 3.8) is 0 Å². The third-order valence-electron chi connectivity index (χ3n) is 3.46. The summed E-state index contributed by atoms with van der Waals surface area (Å²) in [6.07, 6.45) is 2.57. The summed E-state index contributed by atoms with van der Waals surface area (Å²) in [6, 6.07) is 2.96. The lowest BCUT2D eigenvalue weighted by Crippen LogP contribution is -2.25. The van der Waals surface area contributed by atoms with Crippen LogP contribution in [0.3, 0.4) is 0 Å². The van der Waals surface area contributed by atoms with Gasteiger partial charge in [0.25, 0.3) is 0 Å². The Morgan fingerprint density at radius 1 is 1.24 bits per heavy atom. The molecule has 0 aliphatic rings. The number of H-pyrrole nitrogens is 2. The molecule has 0 aliphatic carbocycles. The molecule has 0 unspecified atom stereocenters. The minimum Gasteiger partial charge on any atom is -0.490 e. The molecule has 11 nitrogen and oxygen atoms in total. The number of benzene rings is 1. The number of aromatic amines is 2. The third-order valence-corrected chi connectivity index (χ3v) is 3.74. The van der Waals surface area contributed by atoms with Crippen LogP contribution in [-0.2, 0) is 9.53 Å². The Bertz CT molecular complexity index is 1070. The van der Waals surface area contributed by atoms with Gasteiger partial charge in [0.2, 0.25) is 0 Å². The van der Waals surface area contributed by atoms with Gasteiger partial charge in [0.05, 0.1) is 23.7 Å². The second-order valence-corrected chi connectivity index (χ2v) is 5.80. The van der Waals surface area contributed by atoms with Crippen LogP contribution in [0.4, 0.5) is 5.69 Å². The van der Waals surface area contributed by atoms with Crippen molar-refractivity contribution in [2.45, 2.75) is 6.92 Å². The molecular formula is C17H16ClN3O8. The van der Waals surface area contributed by atoms with Crippen LogP contribution in [0.5, 0.6) is 11.5 Å². The standard InChI is InChI=1S/C17H16ClN3O8/c1-3-28-12-7-9(6-10(18)15(12)29-8-13(22)27-2)4-5-11-14(21(25)26)16(23)20-17(24)19-11/h4-7H,3,8H2,1-2H3,(H2,19,20,23,24). The third kappa shape index (κ3) is 5.45. The zero-order valence-electron chi connectivity index (χ0n) is 15.3. The molecule has 1 heterocycles. The molecule has 29 heavy (non-hydrogen) atoms. The minimum atomic E-state index is -1.13. The summed E-state index contributed by atoms with van der Waals surface area (Å²) in [7, 11) is 1.21. The lowest BCUT2D eigenvalue weighted by Gasteiger charge is -2.13. The largest absolute Gasteiger partial charge is 0.490 e. The number of hydrogen-bond acceptors (Lipinski definition) is 8. The van der Waals surface area contributed by atoms with Gasteiger partial charge < -0.3 is 19.2 Å². The highest BCUT2D eigenvalue weighted by Crippen LogP contribution is 2.37. The normalized spacial score (nSPS) is 10.7. The smallest absolute Gasteiger partial charge is 0.357 e. The number of esters is 1. The number of carbonyl (C=O) groups excluding carboxylic acids is 1. The second kappa shape index (κ2) is 9.55. The monoisotopic (exact) mass is 425 g/mol. The van der Waals surface area contributed by atoms with Gasteiger partial charge in [0, 0.05) is 0 Å². The van der Waals surface area contributed by atoms with E-state index in [0.717, 1.165) is 0 Å². The number of halogens is 1. The molecule has 154 valence electrons. The van der Waals surface area contributed by atoms with Gasteiger partial charge in [0.15, 0.2) is 18.1 Å². The minimum absolute atomic E-state index is 0.105. The molecule has 0 saturated carbocycles. The van der Waals surface area contributed by atoms with Crippen molar-refractivity contribution in [1.82, 2.24) is 9.97 Å². The molecule has 0 radical (unpaired) electrons. The fraction of sp³-hybridized carbons (Fsp3) is 0.235. The van der Waals surface area contributed by atoms with Gasteiger partial charge in [-0.25, -0.2) is 9.59 Å². The molecular weight excluding hydrogens is 410 g/mol. The van der Waals surface area contributed by atoms with Crippen molar-refractivity contribution in [3.05, 3.63) is 59.4 Å². The van der Waals surface area contributed by atoms with E-state index in [4.69, 9.17) is 21.1 Å². The van der Waals surface area contributed by atoms with Crippen molar-refractivity contribution in [2.75, 3.05) is 20.3 Å². The van der Waals surface area contributed by atoms with Crippen LogP contribution in [-0.4, -0.2) is 41.2 Å². The first-order valence-corrected chi connectivity index (χ1v) is 8.49. The van der Waals surface area contributed by atoms with E-state index < -0.39 is 27.8 Å². The highest BCUT2D eigenvalue weighted by atomic mass is 35.5. The van der Waals surface area contributed by atoms with Crippen molar-refractivity contribution >= 4 is 35.4 Å². The van der Waals surface area contributed by atoms with E-state index in [2.05, 4.69) is 9.72 Å². The molecule has 0 saturated heterocycles. The lowest BCUT2D eigenvalue weighted by molar-refractivity contribution is -0.386. The number of ether oxygens (including phenoxy) is 3. The fourth-order valence-electron chi connectivity index (χ4n) is 2.26. The van der Waals surface area contributed by atoms with Crippen LogP contribution in [0.2, 0.25) is 5.02 Å². The summed E-state index contributed by atoms with van der Waals surface area (Å²) >= 11 is 6.20. The average Bonchev–Trinajstić information content (AvgIpc) is 2.64. The molecule has 1 aromatic heterocycles. The Labute approximate surface area is 168 Å². The molecule has 2 N–H and O–H groups in total. The molecule has 2 rings (SSSR count). The quantitative estimate of drug-likeness (QED) is 0.368. The number of rotatable bonds is 8.